The van der Waals surface area contributed by atoms with Crippen molar-refractivity contribution < 1.29 is 0 Å². The molecule has 0 aliphatic heterocycles. The van der Waals surface area contributed by atoms with Crippen molar-refractivity contribution in [3.63, 3.8) is 0 Å². The quantitative estimate of drug-likeness (QED) is 0.830. The number of benzene rings is 1. The number of rotatable bonds is 7. The molecule has 20 heavy (non-hydrogen) atoms. The summed E-state index contributed by atoms with van der Waals surface area (Å²) < 4.78 is 0. The number of thiazole rings is 1. The van der Waals surface area contributed by atoms with Gasteiger partial charge in [-0.05, 0) is 44.7 Å². The molecule has 1 N–H and O–H groups in total. The number of aryl methyl sites for hydroxylation is 3. The lowest BCUT2D eigenvalue weighted by Crippen LogP contribution is -2.21. The van der Waals surface area contributed by atoms with E-state index in [0.717, 1.165) is 25.9 Å². The van der Waals surface area contributed by atoms with Crippen molar-refractivity contribution in [1.82, 2.24) is 10.3 Å². The molecule has 0 spiro atoms. The molecule has 1 aromatic heterocycles. The van der Waals surface area contributed by atoms with E-state index < -0.39 is 0 Å². The predicted octanol–water partition coefficient (Wildman–Crippen LogP) is 4.09. The lowest BCUT2D eigenvalue weighted by molar-refractivity contribution is 0.561. The Hall–Kier alpha value is -1.19. The van der Waals surface area contributed by atoms with Gasteiger partial charge in [-0.3, -0.25) is 0 Å². The minimum Gasteiger partial charge on any atom is -0.316 e. The van der Waals surface area contributed by atoms with Crippen LogP contribution in [0.25, 0.3) is 0 Å². The largest absolute Gasteiger partial charge is 0.316 e. The van der Waals surface area contributed by atoms with Crippen molar-refractivity contribution in [3.8, 4) is 0 Å². The van der Waals surface area contributed by atoms with Crippen LogP contribution in [0.2, 0.25) is 0 Å². The maximum absolute atomic E-state index is 4.65. The highest BCUT2D eigenvalue weighted by Crippen LogP contribution is 2.24. The Kier molecular flexibility index (Phi) is 5.74. The van der Waals surface area contributed by atoms with Crippen molar-refractivity contribution in [2.75, 3.05) is 13.1 Å². The summed E-state index contributed by atoms with van der Waals surface area (Å²) >= 11 is 1.84. The van der Waals surface area contributed by atoms with Gasteiger partial charge in [0.1, 0.15) is 0 Å². The fourth-order valence-electron chi connectivity index (χ4n) is 2.37. The second-order valence-corrected chi connectivity index (χ2v) is 6.49. The summed E-state index contributed by atoms with van der Waals surface area (Å²) in [7, 11) is 0. The molecular weight excluding hydrogens is 264 g/mol. The molecule has 2 rings (SSSR count). The SMILES string of the molecule is CCNCC(CCc1nc(C)c(C)s1)c1ccccc1. The third kappa shape index (κ3) is 4.15. The summed E-state index contributed by atoms with van der Waals surface area (Å²) in [4.78, 5) is 6.00. The summed E-state index contributed by atoms with van der Waals surface area (Å²) in [5.41, 5.74) is 2.62. The first-order valence-corrected chi connectivity index (χ1v) is 8.21. The third-order valence-corrected chi connectivity index (χ3v) is 4.82. The monoisotopic (exact) mass is 288 g/mol. The van der Waals surface area contributed by atoms with Crippen LogP contribution in [0.4, 0.5) is 0 Å². The number of hydrogen-bond acceptors (Lipinski definition) is 3. The molecule has 1 heterocycles. The van der Waals surface area contributed by atoms with E-state index in [0.29, 0.717) is 5.92 Å². The first kappa shape index (κ1) is 15.2. The fraction of sp³-hybridized carbons (Fsp3) is 0.471. The van der Waals surface area contributed by atoms with Gasteiger partial charge in [0, 0.05) is 11.4 Å². The van der Waals surface area contributed by atoms with Crippen molar-refractivity contribution in [2.45, 2.75) is 39.5 Å². The normalized spacial score (nSPS) is 12.6. The van der Waals surface area contributed by atoms with E-state index in [1.165, 1.54) is 21.1 Å². The van der Waals surface area contributed by atoms with Crippen LogP contribution in [0.15, 0.2) is 30.3 Å². The molecule has 0 aliphatic carbocycles. The summed E-state index contributed by atoms with van der Waals surface area (Å²) in [5.74, 6) is 0.570. The molecule has 0 bridgehead atoms. The number of nitrogens with zero attached hydrogens (tertiary/aromatic N) is 1. The van der Waals surface area contributed by atoms with E-state index in [1.807, 2.05) is 11.3 Å². The van der Waals surface area contributed by atoms with Crippen LogP contribution in [0, 0.1) is 13.8 Å². The summed E-state index contributed by atoms with van der Waals surface area (Å²) in [6, 6.07) is 10.8. The zero-order valence-corrected chi connectivity index (χ0v) is 13.5. The van der Waals surface area contributed by atoms with E-state index in [1.54, 1.807) is 0 Å². The average molecular weight is 288 g/mol. The molecule has 0 fully saturated rings. The molecule has 1 aromatic carbocycles. The van der Waals surface area contributed by atoms with Crippen molar-refractivity contribution in [2.24, 2.45) is 0 Å². The Morgan fingerprint density at radius 2 is 1.95 bits per heavy atom. The van der Waals surface area contributed by atoms with Gasteiger partial charge in [0.05, 0.1) is 10.7 Å². The summed E-state index contributed by atoms with van der Waals surface area (Å²) in [6.45, 7) is 8.49. The van der Waals surface area contributed by atoms with Crippen LogP contribution >= 0.6 is 11.3 Å². The molecule has 3 heteroatoms. The molecule has 2 aromatic rings. The second-order valence-electron chi connectivity index (χ2n) is 5.20. The van der Waals surface area contributed by atoms with Crippen molar-refractivity contribution in [3.05, 3.63) is 51.5 Å². The Bertz CT molecular complexity index is 500. The molecular formula is C17H24N2S. The van der Waals surface area contributed by atoms with E-state index in [9.17, 15) is 0 Å². The minimum absolute atomic E-state index is 0.570. The van der Waals surface area contributed by atoms with E-state index >= 15 is 0 Å². The number of likely N-dealkylation sites (N-methyl/N-ethyl adjacent to an activating group) is 1. The van der Waals surface area contributed by atoms with Crippen LogP contribution in [0.5, 0.6) is 0 Å². The van der Waals surface area contributed by atoms with Gasteiger partial charge in [-0.25, -0.2) is 4.98 Å². The predicted molar refractivity (Wildman–Crippen MR) is 87.6 cm³/mol. The summed E-state index contributed by atoms with van der Waals surface area (Å²) in [5, 5.41) is 4.76. The van der Waals surface area contributed by atoms with Gasteiger partial charge in [0.2, 0.25) is 0 Å². The highest BCUT2D eigenvalue weighted by atomic mass is 32.1. The van der Waals surface area contributed by atoms with Crippen LogP contribution in [-0.2, 0) is 6.42 Å². The van der Waals surface area contributed by atoms with Gasteiger partial charge < -0.3 is 5.32 Å². The Morgan fingerprint density at radius 3 is 2.55 bits per heavy atom. The lowest BCUT2D eigenvalue weighted by Gasteiger charge is -2.17. The molecule has 1 atom stereocenters. The zero-order chi connectivity index (χ0) is 14.4. The molecule has 2 nitrogen and oxygen atoms in total. The standard InChI is InChI=1S/C17H24N2S/c1-4-18-12-16(15-8-6-5-7-9-15)10-11-17-19-13(2)14(3)20-17/h5-9,16,18H,4,10-12H2,1-3H3. The van der Waals surface area contributed by atoms with Crippen LogP contribution in [0.1, 0.15) is 40.4 Å². The summed E-state index contributed by atoms with van der Waals surface area (Å²) in [6.07, 6.45) is 2.23. The van der Waals surface area contributed by atoms with Gasteiger partial charge in [0.25, 0.3) is 0 Å². The molecule has 0 saturated carbocycles. The first-order chi connectivity index (χ1) is 9.70. The number of aromatic nitrogens is 1. The number of hydrogen-bond donors (Lipinski definition) is 1. The van der Waals surface area contributed by atoms with Gasteiger partial charge in [0.15, 0.2) is 0 Å². The Balaban J connectivity index is 2.00. The maximum atomic E-state index is 4.65. The van der Waals surface area contributed by atoms with Crippen LogP contribution in [-0.4, -0.2) is 18.1 Å². The highest BCUT2D eigenvalue weighted by molar-refractivity contribution is 7.11. The van der Waals surface area contributed by atoms with Crippen molar-refractivity contribution >= 4 is 11.3 Å². The first-order valence-electron chi connectivity index (χ1n) is 7.39. The zero-order valence-electron chi connectivity index (χ0n) is 12.6. The van der Waals surface area contributed by atoms with Gasteiger partial charge in [-0.15, -0.1) is 11.3 Å². The maximum Gasteiger partial charge on any atom is 0.0931 e. The van der Waals surface area contributed by atoms with E-state index in [2.05, 4.69) is 61.4 Å². The van der Waals surface area contributed by atoms with Gasteiger partial charge >= 0.3 is 0 Å². The Labute approximate surface area is 126 Å². The smallest absolute Gasteiger partial charge is 0.0931 e. The molecule has 108 valence electrons. The second kappa shape index (κ2) is 7.55. The molecule has 0 saturated heterocycles. The molecule has 0 aliphatic rings. The highest BCUT2D eigenvalue weighted by Gasteiger charge is 2.12. The van der Waals surface area contributed by atoms with Gasteiger partial charge in [-0.1, -0.05) is 37.3 Å². The molecule has 0 radical (unpaired) electrons. The molecule has 1 unspecified atom stereocenters. The third-order valence-electron chi connectivity index (χ3n) is 3.69. The van der Waals surface area contributed by atoms with Gasteiger partial charge in [-0.2, -0.15) is 0 Å². The topological polar surface area (TPSA) is 24.9 Å². The van der Waals surface area contributed by atoms with Crippen molar-refractivity contribution in [1.29, 1.82) is 0 Å². The van der Waals surface area contributed by atoms with E-state index in [-0.39, 0.29) is 0 Å². The Morgan fingerprint density at radius 1 is 1.20 bits per heavy atom. The van der Waals surface area contributed by atoms with Crippen LogP contribution < -0.4 is 5.32 Å². The van der Waals surface area contributed by atoms with Crippen LogP contribution in [0.3, 0.4) is 0 Å². The fourth-order valence-corrected chi connectivity index (χ4v) is 3.32. The van der Waals surface area contributed by atoms with E-state index in [4.69, 9.17) is 0 Å². The lowest BCUT2D eigenvalue weighted by atomic mass is 9.94. The number of nitrogens with one attached hydrogen (secondary N) is 1. The molecule has 0 amide bonds. The average Bonchev–Trinajstić information content (AvgIpc) is 2.79. The minimum atomic E-state index is 0.570.